The number of hydrogen-bond acceptors (Lipinski definition) is 7. The molecule has 8 nitrogen and oxygen atoms in total. The molecule has 8 heteroatoms. The molecule has 188 valence electrons. The minimum absolute atomic E-state index is 0.160. The Hall–Kier alpha value is -4.33. The summed E-state index contributed by atoms with van der Waals surface area (Å²) in [6.45, 7) is 6.59. The zero-order chi connectivity index (χ0) is 25.8. The smallest absolute Gasteiger partial charge is 0.343 e. The Balaban J connectivity index is 1.58. The first-order valence-electron chi connectivity index (χ1n) is 11.7. The molecule has 36 heavy (non-hydrogen) atoms. The van der Waals surface area contributed by atoms with Crippen molar-refractivity contribution in [3.8, 4) is 23.0 Å². The SMILES string of the molecule is CCCOc1ccc(C(=O)Oc2ccc(C=NNC(=O)COc3ccccc3C)cc2OCC)cc1. The fourth-order valence-corrected chi connectivity index (χ4v) is 3.10. The van der Waals surface area contributed by atoms with Crippen LogP contribution in [0, 0.1) is 6.92 Å². The van der Waals surface area contributed by atoms with Crippen molar-refractivity contribution in [2.75, 3.05) is 19.8 Å². The molecule has 3 aromatic rings. The largest absolute Gasteiger partial charge is 0.494 e. The Morgan fingerprint density at radius 2 is 1.67 bits per heavy atom. The molecule has 0 spiro atoms. The number of nitrogens with one attached hydrogen (secondary N) is 1. The number of carbonyl (C=O) groups is 2. The molecule has 0 aliphatic rings. The van der Waals surface area contributed by atoms with Crippen molar-refractivity contribution < 1.29 is 28.5 Å². The zero-order valence-corrected chi connectivity index (χ0v) is 20.7. The quantitative estimate of drug-likeness (QED) is 0.167. The van der Waals surface area contributed by atoms with E-state index < -0.39 is 11.9 Å². The number of rotatable bonds is 12. The number of para-hydroxylation sites is 1. The number of benzene rings is 3. The summed E-state index contributed by atoms with van der Waals surface area (Å²) in [6.07, 6.45) is 2.37. The molecule has 0 atom stereocenters. The van der Waals surface area contributed by atoms with Gasteiger partial charge in [-0.25, -0.2) is 10.2 Å². The fraction of sp³-hybridized carbons (Fsp3) is 0.250. The second-order valence-electron chi connectivity index (χ2n) is 7.75. The molecular weight excluding hydrogens is 460 g/mol. The van der Waals surface area contributed by atoms with Crippen molar-refractivity contribution in [3.63, 3.8) is 0 Å². The molecule has 0 fully saturated rings. The van der Waals surface area contributed by atoms with Gasteiger partial charge >= 0.3 is 5.97 Å². The van der Waals surface area contributed by atoms with E-state index in [-0.39, 0.29) is 12.4 Å². The van der Waals surface area contributed by atoms with Crippen LogP contribution in [0.2, 0.25) is 0 Å². The molecule has 3 aromatic carbocycles. The highest BCUT2D eigenvalue weighted by Crippen LogP contribution is 2.29. The van der Waals surface area contributed by atoms with E-state index in [0.29, 0.717) is 41.6 Å². The van der Waals surface area contributed by atoms with Gasteiger partial charge in [0.15, 0.2) is 18.1 Å². The van der Waals surface area contributed by atoms with E-state index in [9.17, 15) is 9.59 Å². The van der Waals surface area contributed by atoms with E-state index in [0.717, 1.165) is 12.0 Å². The van der Waals surface area contributed by atoms with Gasteiger partial charge in [0, 0.05) is 0 Å². The molecule has 1 amide bonds. The highest BCUT2D eigenvalue weighted by Gasteiger charge is 2.13. The van der Waals surface area contributed by atoms with Gasteiger partial charge in [0.25, 0.3) is 5.91 Å². The van der Waals surface area contributed by atoms with Gasteiger partial charge in [-0.1, -0.05) is 25.1 Å². The van der Waals surface area contributed by atoms with Crippen LogP contribution in [0.4, 0.5) is 0 Å². The van der Waals surface area contributed by atoms with Crippen LogP contribution in [0.15, 0.2) is 71.8 Å². The number of hydrogen-bond donors (Lipinski definition) is 1. The summed E-state index contributed by atoms with van der Waals surface area (Å²) in [6, 6.07) is 19.2. The maximum absolute atomic E-state index is 12.6. The van der Waals surface area contributed by atoms with Gasteiger partial charge in [0.05, 0.1) is 25.0 Å². The van der Waals surface area contributed by atoms with E-state index in [4.69, 9.17) is 18.9 Å². The summed E-state index contributed by atoms with van der Waals surface area (Å²) in [7, 11) is 0. The van der Waals surface area contributed by atoms with Gasteiger partial charge in [-0.15, -0.1) is 0 Å². The molecule has 0 aliphatic heterocycles. The van der Waals surface area contributed by atoms with Gasteiger partial charge in [0.2, 0.25) is 0 Å². The molecule has 0 saturated heterocycles. The van der Waals surface area contributed by atoms with Crippen molar-refractivity contribution in [2.24, 2.45) is 5.10 Å². The predicted octanol–water partition coefficient (Wildman–Crippen LogP) is 4.93. The Labute approximate surface area is 210 Å². The highest BCUT2D eigenvalue weighted by atomic mass is 16.6. The maximum Gasteiger partial charge on any atom is 0.343 e. The van der Waals surface area contributed by atoms with Crippen molar-refractivity contribution >= 4 is 18.1 Å². The molecule has 0 aromatic heterocycles. The maximum atomic E-state index is 12.6. The van der Waals surface area contributed by atoms with Crippen molar-refractivity contribution in [3.05, 3.63) is 83.4 Å². The Morgan fingerprint density at radius 1 is 0.889 bits per heavy atom. The molecule has 3 rings (SSSR count). The van der Waals surface area contributed by atoms with Gasteiger partial charge in [-0.2, -0.15) is 5.10 Å². The summed E-state index contributed by atoms with van der Waals surface area (Å²) in [5.41, 5.74) is 4.41. The van der Waals surface area contributed by atoms with Gasteiger partial charge in [0.1, 0.15) is 11.5 Å². The van der Waals surface area contributed by atoms with Crippen molar-refractivity contribution in [1.29, 1.82) is 0 Å². The molecule has 1 N–H and O–H groups in total. The lowest BCUT2D eigenvalue weighted by Crippen LogP contribution is -2.24. The lowest BCUT2D eigenvalue weighted by Gasteiger charge is -2.12. The molecule has 0 radical (unpaired) electrons. The average molecular weight is 491 g/mol. The third kappa shape index (κ3) is 7.87. The van der Waals surface area contributed by atoms with Crippen LogP contribution in [0.25, 0.3) is 0 Å². The van der Waals surface area contributed by atoms with E-state index in [1.165, 1.54) is 6.21 Å². The summed E-state index contributed by atoms with van der Waals surface area (Å²) < 4.78 is 22.2. The average Bonchev–Trinajstić information content (AvgIpc) is 2.89. The number of carbonyl (C=O) groups excluding carboxylic acids is 2. The predicted molar refractivity (Wildman–Crippen MR) is 137 cm³/mol. The summed E-state index contributed by atoms with van der Waals surface area (Å²) in [5, 5.41) is 3.97. The van der Waals surface area contributed by atoms with Crippen LogP contribution in [-0.2, 0) is 4.79 Å². The van der Waals surface area contributed by atoms with Crippen LogP contribution in [0.5, 0.6) is 23.0 Å². The number of amides is 1. The first-order chi connectivity index (χ1) is 17.5. The minimum Gasteiger partial charge on any atom is -0.494 e. The van der Waals surface area contributed by atoms with Crippen molar-refractivity contribution in [1.82, 2.24) is 5.43 Å². The Kier molecular flexibility index (Phi) is 9.88. The summed E-state index contributed by atoms with van der Waals surface area (Å²) in [5.74, 6) is 1.09. The van der Waals surface area contributed by atoms with E-state index in [2.05, 4.69) is 10.5 Å². The number of nitrogens with zero attached hydrogens (tertiary/aromatic N) is 1. The standard InChI is InChI=1S/C28H30N2O6/c1-4-16-34-23-13-11-22(12-14-23)28(32)36-25-15-10-21(17-26(25)33-5-2)18-29-30-27(31)19-35-24-9-7-6-8-20(24)3/h6-15,17-18H,4-5,16,19H2,1-3H3,(H,30,31). The van der Waals surface area contributed by atoms with Crippen LogP contribution >= 0.6 is 0 Å². The number of aryl methyl sites for hydroxylation is 1. The molecule has 0 saturated carbocycles. The topological polar surface area (TPSA) is 95.5 Å². The zero-order valence-electron chi connectivity index (χ0n) is 20.7. The molecule has 0 aliphatic carbocycles. The Bertz CT molecular complexity index is 1190. The number of esters is 1. The van der Waals surface area contributed by atoms with Gasteiger partial charge in [-0.05, 0) is 79.9 Å². The summed E-state index contributed by atoms with van der Waals surface area (Å²) in [4.78, 5) is 24.6. The van der Waals surface area contributed by atoms with Gasteiger partial charge < -0.3 is 18.9 Å². The number of ether oxygens (including phenoxy) is 4. The Morgan fingerprint density at radius 3 is 2.39 bits per heavy atom. The van der Waals surface area contributed by atoms with E-state index in [1.54, 1.807) is 48.5 Å². The molecular formula is C28H30N2O6. The van der Waals surface area contributed by atoms with Crippen LogP contribution in [-0.4, -0.2) is 37.9 Å². The van der Waals surface area contributed by atoms with Gasteiger partial charge in [-0.3, -0.25) is 4.79 Å². The molecule has 0 unspecified atom stereocenters. The first kappa shape index (κ1) is 26.3. The fourth-order valence-electron chi connectivity index (χ4n) is 3.10. The first-order valence-corrected chi connectivity index (χ1v) is 11.7. The second kappa shape index (κ2) is 13.5. The van der Waals surface area contributed by atoms with Crippen LogP contribution < -0.4 is 24.4 Å². The van der Waals surface area contributed by atoms with E-state index in [1.807, 2.05) is 39.0 Å². The third-order valence-electron chi connectivity index (χ3n) is 4.89. The molecule has 0 heterocycles. The van der Waals surface area contributed by atoms with Crippen LogP contribution in [0.1, 0.15) is 41.8 Å². The monoisotopic (exact) mass is 490 g/mol. The van der Waals surface area contributed by atoms with E-state index >= 15 is 0 Å². The molecule has 0 bridgehead atoms. The number of hydrazone groups is 1. The van der Waals surface area contributed by atoms with Crippen LogP contribution in [0.3, 0.4) is 0 Å². The lowest BCUT2D eigenvalue weighted by molar-refractivity contribution is -0.123. The highest BCUT2D eigenvalue weighted by molar-refractivity contribution is 5.92. The third-order valence-corrected chi connectivity index (χ3v) is 4.89. The summed E-state index contributed by atoms with van der Waals surface area (Å²) >= 11 is 0. The lowest BCUT2D eigenvalue weighted by atomic mass is 10.2. The second-order valence-corrected chi connectivity index (χ2v) is 7.75. The van der Waals surface area contributed by atoms with Crippen molar-refractivity contribution in [2.45, 2.75) is 27.2 Å². The normalized spacial score (nSPS) is 10.6. The minimum atomic E-state index is -0.514.